The number of carbonyl (C=O) groups is 3. The van der Waals surface area contributed by atoms with Crippen molar-refractivity contribution in [1.82, 2.24) is 14.7 Å². The van der Waals surface area contributed by atoms with Crippen molar-refractivity contribution in [2.45, 2.75) is 51.0 Å². The van der Waals surface area contributed by atoms with E-state index in [1.807, 2.05) is 9.80 Å². The van der Waals surface area contributed by atoms with Crippen molar-refractivity contribution in [3.8, 4) is 0 Å². The minimum atomic E-state index is -0.233. The summed E-state index contributed by atoms with van der Waals surface area (Å²) in [6, 6.07) is 3.67. The maximum atomic E-state index is 13.0. The van der Waals surface area contributed by atoms with E-state index in [4.69, 9.17) is 4.42 Å². The minimum Gasteiger partial charge on any atom is -0.459 e. The van der Waals surface area contributed by atoms with Crippen molar-refractivity contribution in [2.75, 3.05) is 32.7 Å². The molecule has 3 heterocycles. The lowest BCUT2D eigenvalue weighted by molar-refractivity contribution is -0.137. The van der Waals surface area contributed by atoms with E-state index >= 15 is 0 Å². The lowest BCUT2D eigenvalue weighted by Gasteiger charge is -2.35. The van der Waals surface area contributed by atoms with Gasteiger partial charge in [0, 0.05) is 45.2 Å². The third-order valence-electron chi connectivity index (χ3n) is 6.38. The van der Waals surface area contributed by atoms with E-state index in [1.165, 1.54) is 31.9 Å². The van der Waals surface area contributed by atoms with Crippen molar-refractivity contribution in [2.24, 2.45) is 5.92 Å². The third-order valence-corrected chi connectivity index (χ3v) is 6.38. The summed E-state index contributed by atoms with van der Waals surface area (Å²) in [5.74, 6) is 0.169. The second kappa shape index (κ2) is 8.37. The Balaban J connectivity index is 1.30. The Morgan fingerprint density at radius 3 is 2.29 bits per heavy atom. The summed E-state index contributed by atoms with van der Waals surface area (Å²) in [6.45, 7) is 2.59. The molecule has 7 nitrogen and oxygen atoms in total. The van der Waals surface area contributed by atoms with Gasteiger partial charge < -0.3 is 19.1 Å². The van der Waals surface area contributed by atoms with E-state index in [9.17, 15) is 14.4 Å². The molecule has 0 radical (unpaired) electrons. The molecule has 7 heteroatoms. The molecule has 1 aliphatic carbocycles. The Morgan fingerprint density at radius 1 is 0.964 bits per heavy atom. The van der Waals surface area contributed by atoms with Crippen molar-refractivity contribution in [1.29, 1.82) is 0 Å². The fourth-order valence-corrected chi connectivity index (χ4v) is 4.76. The van der Waals surface area contributed by atoms with Crippen molar-refractivity contribution in [3.05, 3.63) is 24.2 Å². The van der Waals surface area contributed by atoms with E-state index in [2.05, 4.69) is 0 Å². The zero-order valence-corrected chi connectivity index (χ0v) is 16.3. The number of furan rings is 1. The fourth-order valence-electron chi connectivity index (χ4n) is 4.76. The van der Waals surface area contributed by atoms with Gasteiger partial charge in [0.2, 0.25) is 11.8 Å². The molecular weight excluding hydrogens is 358 g/mol. The standard InChI is InChI=1S/C21H29N3O4/c25-19-14-16(15-24(19)17-6-3-1-2-4-7-17)20(26)22-9-11-23(12-10-22)21(27)18-8-5-13-28-18/h5,8,13,16-17H,1-4,6-7,9-12,14-15H2. The predicted molar refractivity (Wildman–Crippen MR) is 103 cm³/mol. The van der Waals surface area contributed by atoms with Crippen molar-refractivity contribution >= 4 is 17.7 Å². The normalized spacial score (nSPS) is 24.5. The van der Waals surface area contributed by atoms with Crippen LogP contribution in [0.25, 0.3) is 0 Å². The SMILES string of the molecule is O=C(c1ccco1)N1CCN(C(=O)C2CC(=O)N(C3CCCCCC3)C2)CC1. The molecule has 0 spiro atoms. The monoisotopic (exact) mass is 387 g/mol. The molecule has 3 aliphatic rings. The molecule has 0 aromatic carbocycles. The highest BCUT2D eigenvalue weighted by Crippen LogP contribution is 2.29. The Labute approximate surface area is 165 Å². The zero-order valence-electron chi connectivity index (χ0n) is 16.3. The van der Waals surface area contributed by atoms with Gasteiger partial charge in [0.05, 0.1) is 12.2 Å². The molecule has 1 aromatic rings. The van der Waals surface area contributed by atoms with E-state index in [1.54, 1.807) is 17.0 Å². The van der Waals surface area contributed by atoms with Crippen LogP contribution in [0.5, 0.6) is 0 Å². The molecule has 3 amide bonds. The number of amides is 3. The second-order valence-electron chi connectivity index (χ2n) is 8.19. The molecule has 0 bridgehead atoms. The zero-order chi connectivity index (χ0) is 19.5. The molecule has 0 N–H and O–H groups in total. The fraction of sp³-hybridized carbons (Fsp3) is 0.667. The van der Waals surface area contributed by atoms with Gasteiger partial charge in [0.15, 0.2) is 5.76 Å². The van der Waals surface area contributed by atoms with Crippen LogP contribution in [0.1, 0.15) is 55.5 Å². The number of rotatable bonds is 3. The highest BCUT2D eigenvalue weighted by atomic mass is 16.3. The van der Waals surface area contributed by atoms with Crippen LogP contribution in [0, 0.1) is 5.92 Å². The van der Waals surface area contributed by atoms with Gasteiger partial charge >= 0.3 is 0 Å². The van der Waals surface area contributed by atoms with Crippen molar-refractivity contribution in [3.63, 3.8) is 0 Å². The Hall–Kier alpha value is -2.31. The maximum absolute atomic E-state index is 13.0. The number of piperazine rings is 1. The Bertz CT molecular complexity index is 701. The quantitative estimate of drug-likeness (QED) is 0.745. The van der Waals surface area contributed by atoms with Gasteiger partial charge in [0.25, 0.3) is 5.91 Å². The molecule has 3 fully saturated rings. The number of hydrogen-bond acceptors (Lipinski definition) is 4. The molecule has 152 valence electrons. The van der Waals surface area contributed by atoms with E-state index in [0.29, 0.717) is 50.9 Å². The summed E-state index contributed by atoms with van der Waals surface area (Å²) in [5.41, 5.74) is 0. The molecule has 1 saturated carbocycles. The van der Waals surface area contributed by atoms with Gasteiger partial charge in [-0.15, -0.1) is 0 Å². The molecule has 2 aliphatic heterocycles. The summed E-state index contributed by atoms with van der Waals surface area (Å²) in [5, 5.41) is 0. The number of carbonyl (C=O) groups excluding carboxylic acids is 3. The first-order valence-corrected chi connectivity index (χ1v) is 10.5. The summed E-state index contributed by atoms with van der Waals surface area (Å²) >= 11 is 0. The highest BCUT2D eigenvalue weighted by molar-refractivity contribution is 5.92. The number of likely N-dealkylation sites (tertiary alicyclic amines) is 1. The van der Waals surface area contributed by atoms with Crippen LogP contribution in [0.3, 0.4) is 0 Å². The van der Waals surface area contributed by atoms with Gasteiger partial charge in [-0.05, 0) is 25.0 Å². The summed E-state index contributed by atoms with van der Waals surface area (Å²) in [6.07, 6.45) is 8.83. The molecule has 1 atom stereocenters. The smallest absolute Gasteiger partial charge is 0.289 e. The summed E-state index contributed by atoms with van der Waals surface area (Å²) in [4.78, 5) is 43.4. The average molecular weight is 387 g/mol. The number of hydrogen-bond donors (Lipinski definition) is 0. The van der Waals surface area contributed by atoms with E-state index < -0.39 is 0 Å². The minimum absolute atomic E-state index is 0.0644. The van der Waals surface area contributed by atoms with Gasteiger partial charge in [-0.25, -0.2) is 0 Å². The summed E-state index contributed by atoms with van der Waals surface area (Å²) < 4.78 is 5.18. The highest BCUT2D eigenvalue weighted by Gasteiger charge is 2.40. The molecule has 1 aromatic heterocycles. The third kappa shape index (κ3) is 3.93. The molecule has 28 heavy (non-hydrogen) atoms. The Morgan fingerprint density at radius 2 is 1.64 bits per heavy atom. The van der Waals surface area contributed by atoms with Crippen LogP contribution >= 0.6 is 0 Å². The van der Waals surface area contributed by atoms with E-state index in [0.717, 1.165) is 12.8 Å². The van der Waals surface area contributed by atoms with Gasteiger partial charge in [-0.2, -0.15) is 0 Å². The average Bonchev–Trinajstić information content (AvgIpc) is 3.31. The largest absolute Gasteiger partial charge is 0.459 e. The first-order valence-electron chi connectivity index (χ1n) is 10.5. The van der Waals surface area contributed by atoms with Crippen LogP contribution in [-0.2, 0) is 9.59 Å². The second-order valence-corrected chi connectivity index (χ2v) is 8.19. The predicted octanol–water partition coefficient (Wildman–Crippen LogP) is 2.14. The molecule has 1 unspecified atom stereocenters. The first-order chi connectivity index (χ1) is 13.6. The summed E-state index contributed by atoms with van der Waals surface area (Å²) in [7, 11) is 0. The van der Waals surface area contributed by atoms with Crippen LogP contribution in [0.2, 0.25) is 0 Å². The molecule has 2 saturated heterocycles. The van der Waals surface area contributed by atoms with Gasteiger partial charge in [-0.1, -0.05) is 25.7 Å². The molecular formula is C21H29N3O4. The van der Waals surface area contributed by atoms with Gasteiger partial charge in [0.1, 0.15) is 0 Å². The van der Waals surface area contributed by atoms with Gasteiger partial charge in [-0.3, -0.25) is 14.4 Å². The van der Waals surface area contributed by atoms with Crippen LogP contribution in [0.15, 0.2) is 22.8 Å². The Kier molecular flexibility index (Phi) is 5.69. The number of nitrogens with zero attached hydrogens (tertiary/aromatic N) is 3. The van der Waals surface area contributed by atoms with E-state index in [-0.39, 0.29) is 23.6 Å². The van der Waals surface area contributed by atoms with Crippen LogP contribution < -0.4 is 0 Å². The van der Waals surface area contributed by atoms with Crippen LogP contribution in [0.4, 0.5) is 0 Å². The lowest BCUT2D eigenvalue weighted by Crippen LogP contribution is -2.52. The van der Waals surface area contributed by atoms with Crippen LogP contribution in [-0.4, -0.2) is 71.2 Å². The first kappa shape index (κ1) is 19.0. The van der Waals surface area contributed by atoms with Crippen molar-refractivity contribution < 1.29 is 18.8 Å². The topological polar surface area (TPSA) is 74.1 Å². The maximum Gasteiger partial charge on any atom is 0.289 e. The molecule has 4 rings (SSSR count). The lowest BCUT2D eigenvalue weighted by atomic mass is 10.1.